The van der Waals surface area contributed by atoms with Gasteiger partial charge in [-0.3, -0.25) is 9.79 Å². The molecule has 2 aliphatic carbocycles. The van der Waals surface area contributed by atoms with Gasteiger partial charge in [0.05, 0.1) is 12.7 Å². The molecule has 0 saturated heterocycles. The van der Waals surface area contributed by atoms with Crippen molar-refractivity contribution < 1.29 is 9.21 Å². The molecule has 1 amide bonds. The molecule has 1 aromatic carbocycles. The van der Waals surface area contributed by atoms with Crippen LogP contribution in [-0.4, -0.2) is 36.0 Å². The fraction of sp³-hybridized carbons (Fsp3) is 0.522. The number of aromatic nitrogens is 1. The van der Waals surface area contributed by atoms with Gasteiger partial charge >= 0.3 is 0 Å². The highest BCUT2D eigenvalue weighted by atomic mass is 16.4. The minimum absolute atomic E-state index is 0.0961. The Hall–Kier alpha value is -2.83. The van der Waals surface area contributed by atoms with Gasteiger partial charge in [0.15, 0.2) is 11.7 Å². The zero-order valence-electron chi connectivity index (χ0n) is 17.8. The Balaban J connectivity index is 1.27. The van der Waals surface area contributed by atoms with Gasteiger partial charge < -0.3 is 20.4 Å². The maximum absolute atomic E-state index is 12.4. The predicted octanol–water partition coefficient (Wildman–Crippen LogP) is 3.15. The van der Waals surface area contributed by atoms with Crippen molar-refractivity contribution in [3.63, 3.8) is 0 Å². The van der Waals surface area contributed by atoms with Crippen LogP contribution in [-0.2, 0) is 11.3 Å². The molecule has 0 bridgehead atoms. The summed E-state index contributed by atoms with van der Waals surface area (Å²) >= 11 is 0. The van der Waals surface area contributed by atoms with E-state index in [1.807, 2.05) is 12.1 Å². The number of nitrogens with zero attached hydrogens (tertiary/aromatic N) is 2. The van der Waals surface area contributed by atoms with Crippen molar-refractivity contribution in [3.05, 3.63) is 41.9 Å². The molecule has 7 nitrogen and oxygen atoms in total. The van der Waals surface area contributed by atoms with E-state index in [4.69, 9.17) is 4.42 Å². The minimum Gasteiger partial charge on any atom is -0.439 e. The molecule has 0 radical (unpaired) electrons. The maximum atomic E-state index is 12.4. The SMILES string of the molecule is CN=C(NCc1ncc(-c2ccc(C)cc2)o1)NC1CCCC(C(=O)NC2CC2)C1. The number of amides is 1. The predicted molar refractivity (Wildman–Crippen MR) is 117 cm³/mol. The third-order valence-electron chi connectivity index (χ3n) is 5.83. The smallest absolute Gasteiger partial charge is 0.223 e. The van der Waals surface area contributed by atoms with Gasteiger partial charge in [0.2, 0.25) is 11.8 Å². The van der Waals surface area contributed by atoms with E-state index in [0.717, 1.165) is 49.8 Å². The maximum Gasteiger partial charge on any atom is 0.223 e. The van der Waals surface area contributed by atoms with E-state index in [-0.39, 0.29) is 17.9 Å². The summed E-state index contributed by atoms with van der Waals surface area (Å²) in [5, 5.41) is 9.88. The quantitative estimate of drug-likeness (QED) is 0.504. The first kappa shape index (κ1) is 20.4. The molecule has 2 unspecified atom stereocenters. The van der Waals surface area contributed by atoms with E-state index in [1.165, 1.54) is 5.56 Å². The Morgan fingerprint density at radius 3 is 2.67 bits per heavy atom. The van der Waals surface area contributed by atoms with E-state index in [2.05, 4.69) is 45.0 Å². The summed E-state index contributed by atoms with van der Waals surface area (Å²) < 4.78 is 5.88. The molecular formula is C23H31N5O2. The highest BCUT2D eigenvalue weighted by Gasteiger charge is 2.31. The molecule has 2 atom stereocenters. The molecule has 7 heteroatoms. The van der Waals surface area contributed by atoms with Crippen LogP contribution < -0.4 is 16.0 Å². The van der Waals surface area contributed by atoms with E-state index in [9.17, 15) is 4.79 Å². The number of nitrogens with one attached hydrogen (secondary N) is 3. The summed E-state index contributed by atoms with van der Waals surface area (Å²) in [5.74, 6) is 2.39. The summed E-state index contributed by atoms with van der Waals surface area (Å²) in [6.07, 6.45) is 7.92. The van der Waals surface area contributed by atoms with Crippen LogP contribution in [0, 0.1) is 12.8 Å². The van der Waals surface area contributed by atoms with Crippen LogP contribution in [0.15, 0.2) is 39.9 Å². The lowest BCUT2D eigenvalue weighted by molar-refractivity contribution is -0.126. The van der Waals surface area contributed by atoms with Crippen molar-refractivity contribution in [1.29, 1.82) is 0 Å². The Bertz CT molecular complexity index is 885. The number of aryl methyl sites for hydroxylation is 1. The van der Waals surface area contributed by atoms with Gasteiger partial charge in [0, 0.05) is 30.6 Å². The Kier molecular flexibility index (Phi) is 6.35. The first-order valence-corrected chi connectivity index (χ1v) is 10.9. The van der Waals surface area contributed by atoms with Gasteiger partial charge in [0.1, 0.15) is 0 Å². The molecule has 2 fully saturated rings. The van der Waals surface area contributed by atoms with Crippen LogP contribution in [0.4, 0.5) is 0 Å². The van der Waals surface area contributed by atoms with Crippen molar-refractivity contribution in [2.45, 2.75) is 64.1 Å². The number of hydrogen-bond acceptors (Lipinski definition) is 4. The topological polar surface area (TPSA) is 91.6 Å². The minimum atomic E-state index is 0.0961. The van der Waals surface area contributed by atoms with Gasteiger partial charge in [-0.25, -0.2) is 4.98 Å². The summed E-state index contributed by atoms with van der Waals surface area (Å²) in [6.45, 7) is 2.51. The molecule has 160 valence electrons. The average Bonchev–Trinajstić information content (AvgIpc) is 3.45. The van der Waals surface area contributed by atoms with Gasteiger partial charge in [-0.1, -0.05) is 36.2 Å². The van der Waals surface area contributed by atoms with E-state index in [1.54, 1.807) is 13.2 Å². The van der Waals surface area contributed by atoms with Gasteiger partial charge in [-0.2, -0.15) is 0 Å². The summed E-state index contributed by atoms with van der Waals surface area (Å²) in [6, 6.07) is 8.85. The van der Waals surface area contributed by atoms with Crippen LogP contribution in [0.1, 0.15) is 50.0 Å². The molecule has 2 aliphatic rings. The highest BCUT2D eigenvalue weighted by Crippen LogP contribution is 2.27. The largest absolute Gasteiger partial charge is 0.439 e. The van der Waals surface area contributed by atoms with E-state index in [0.29, 0.717) is 24.4 Å². The number of rotatable bonds is 6. The third kappa shape index (κ3) is 5.40. The Morgan fingerprint density at radius 2 is 1.93 bits per heavy atom. The molecular weight excluding hydrogens is 378 g/mol. The molecule has 2 saturated carbocycles. The van der Waals surface area contributed by atoms with Gasteiger partial charge in [-0.05, 0) is 39.0 Å². The number of guanidine groups is 1. The van der Waals surface area contributed by atoms with Crippen molar-refractivity contribution >= 4 is 11.9 Å². The summed E-state index contributed by atoms with van der Waals surface area (Å²) in [5.41, 5.74) is 2.23. The third-order valence-corrected chi connectivity index (χ3v) is 5.83. The zero-order valence-corrected chi connectivity index (χ0v) is 17.8. The Labute approximate surface area is 177 Å². The average molecular weight is 410 g/mol. The van der Waals surface area contributed by atoms with Crippen LogP contribution in [0.3, 0.4) is 0 Å². The molecule has 1 heterocycles. The fourth-order valence-electron chi connectivity index (χ4n) is 3.90. The Morgan fingerprint density at radius 1 is 1.13 bits per heavy atom. The molecule has 30 heavy (non-hydrogen) atoms. The zero-order chi connectivity index (χ0) is 20.9. The lowest BCUT2D eigenvalue weighted by Gasteiger charge is -2.30. The van der Waals surface area contributed by atoms with Crippen molar-refractivity contribution in [1.82, 2.24) is 20.9 Å². The molecule has 2 aromatic rings. The van der Waals surface area contributed by atoms with Crippen molar-refractivity contribution in [2.24, 2.45) is 10.9 Å². The van der Waals surface area contributed by atoms with Crippen LogP contribution in [0.25, 0.3) is 11.3 Å². The monoisotopic (exact) mass is 409 g/mol. The second-order valence-corrected chi connectivity index (χ2v) is 8.40. The fourth-order valence-corrected chi connectivity index (χ4v) is 3.90. The van der Waals surface area contributed by atoms with Crippen molar-refractivity contribution in [3.8, 4) is 11.3 Å². The summed E-state index contributed by atoms with van der Waals surface area (Å²) in [7, 11) is 1.75. The van der Waals surface area contributed by atoms with Crippen LogP contribution in [0.2, 0.25) is 0 Å². The van der Waals surface area contributed by atoms with Crippen LogP contribution in [0.5, 0.6) is 0 Å². The molecule has 1 aromatic heterocycles. The second-order valence-electron chi connectivity index (χ2n) is 8.40. The summed E-state index contributed by atoms with van der Waals surface area (Å²) in [4.78, 5) is 21.1. The standard InChI is InChI=1S/C23H31N5O2/c1-15-6-8-16(9-7-15)20-13-25-21(30-20)14-26-23(24-2)28-19-5-3-4-17(12-19)22(29)27-18-10-11-18/h6-9,13,17-19H,3-5,10-12,14H2,1-2H3,(H,27,29)(H2,24,26,28). The number of oxazole rings is 1. The second kappa shape index (κ2) is 9.32. The van der Waals surface area contributed by atoms with E-state index >= 15 is 0 Å². The van der Waals surface area contributed by atoms with Gasteiger partial charge in [0.25, 0.3) is 0 Å². The lowest BCUT2D eigenvalue weighted by atomic mass is 9.85. The number of benzene rings is 1. The molecule has 0 spiro atoms. The van der Waals surface area contributed by atoms with Crippen molar-refractivity contribution in [2.75, 3.05) is 7.05 Å². The molecule has 3 N–H and O–H groups in total. The number of aliphatic imine (C=N–C) groups is 1. The van der Waals surface area contributed by atoms with E-state index < -0.39 is 0 Å². The number of hydrogen-bond donors (Lipinski definition) is 3. The number of carbonyl (C=O) groups is 1. The molecule has 0 aliphatic heterocycles. The number of carbonyl (C=O) groups excluding carboxylic acids is 1. The first-order valence-electron chi connectivity index (χ1n) is 10.9. The molecule has 4 rings (SSSR count). The highest BCUT2D eigenvalue weighted by molar-refractivity contribution is 5.81. The van der Waals surface area contributed by atoms with Crippen LogP contribution >= 0.6 is 0 Å². The lowest BCUT2D eigenvalue weighted by Crippen LogP contribution is -2.47. The first-order chi connectivity index (χ1) is 14.6. The normalized spacial score (nSPS) is 21.9. The van der Waals surface area contributed by atoms with Gasteiger partial charge in [-0.15, -0.1) is 0 Å².